The largest absolute Gasteiger partial charge is 0.348 e. The summed E-state index contributed by atoms with van der Waals surface area (Å²) in [6, 6.07) is 6.11. The molecule has 0 radical (unpaired) electrons. The zero-order valence-corrected chi connectivity index (χ0v) is 17.4. The first-order valence-electron chi connectivity index (χ1n) is 9.98. The van der Waals surface area contributed by atoms with E-state index in [4.69, 9.17) is 0 Å². The van der Waals surface area contributed by atoms with E-state index < -0.39 is 0 Å². The molecule has 1 fully saturated rings. The number of nitrogens with one attached hydrogen (secondary N) is 2. The van der Waals surface area contributed by atoms with Crippen LogP contribution in [0.25, 0.3) is 0 Å². The summed E-state index contributed by atoms with van der Waals surface area (Å²) in [7, 11) is 0. The van der Waals surface area contributed by atoms with Crippen LogP contribution in [0.3, 0.4) is 0 Å². The number of halogens is 1. The van der Waals surface area contributed by atoms with Gasteiger partial charge in [0.1, 0.15) is 5.82 Å². The third-order valence-electron chi connectivity index (χ3n) is 4.78. The summed E-state index contributed by atoms with van der Waals surface area (Å²) in [5.74, 6) is -0.334. The van der Waals surface area contributed by atoms with Crippen molar-refractivity contribution in [3.05, 3.63) is 35.6 Å². The van der Waals surface area contributed by atoms with Gasteiger partial charge in [-0.1, -0.05) is 32.9 Å². The van der Waals surface area contributed by atoms with Crippen molar-refractivity contribution in [3.63, 3.8) is 0 Å². The summed E-state index contributed by atoms with van der Waals surface area (Å²) in [6.45, 7) is 11.7. The number of hydrogen-bond donors (Lipinski definition) is 2. The predicted molar refractivity (Wildman–Crippen MR) is 108 cm³/mol. The fourth-order valence-corrected chi connectivity index (χ4v) is 3.37. The van der Waals surface area contributed by atoms with Crippen LogP contribution >= 0.6 is 0 Å². The van der Waals surface area contributed by atoms with Crippen molar-refractivity contribution >= 4 is 11.9 Å². The van der Waals surface area contributed by atoms with Gasteiger partial charge in [0.2, 0.25) is 5.91 Å². The van der Waals surface area contributed by atoms with E-state index in [0.29, 0.717) is 39.3 Å². The van der Waals surface area contributed by atoms with Crippen LogP contribution in [-0.2, 0) is 4.79 Å². The van der Waals surface area contributed by atoms with Crippen molar-refractivity contribution in [2.75, 3.05) is 39.3 Å². The minimum atomic E-state index is -0.283. The van der Waals surface area contributed by atoms with Crippen LogP contribution in [0.5, 0.6) is 0 Å². The molecule has 0 aromatic heterocycles. The van der Waals surface area contributed by atoms with Crippen LogP contribution < -0.4 is 10.6 Å². The lowest BCUT2D eigenvalue weighted by molar-refractivity contribution is -0.123. The number of carbonyl (C=O) groups excluding carboxylic acids is 2. The second kappa shape index (κ2) is 9.87. The van der Waals surface area contributed by atoms with Crippen LogP contribution in [-0.4, -0.2) is 61.0 Å². The van der Waals surface area contributed by atoms with E-state index in [2.05, 4.69) is 36.3 Å². The first-order chi connectivity index (χ1) is 13.2. The fraction of sp³-hybridized carbons (Fsp3) is 0.619. The topological polar surface area (TPSA) is 64.7 Å². The van der Waals surface area contributed by atoms with Crippen molar-refractivity contribution < 1.29 is 14.0 Å². The Kier molecular flexibility index (Phi) is 7.80. The molecule has 0 saturated carbocycles. The molecular weight excluding hydrogens is 359 g/mol. The lowest BCUT2D eigenvalue weighted by atomic mass is 9.85. The summed E-state index contributed by atoms with van der Waals surface area (Å²) in [4.78, 5) is 28.4. The quantitative estimate of drug-likeness (QED) is 0.782. The predicted octanol–water partition coefficient (Wildman–Crippen LogP) is 2.77. The molecular formula is C21H33FN4O2. The number of piperazine rings is 1. The normalized spacial score (nSPS) is 16.5. The van der Waals surface area contributed by atoms with E-state index in [0.717, 1.165) is 12.0 Å². The molecule has 28 heavy (non-hydrogen) atoms. The molecule has 1 aliphatic heterocycles. The van der Waals surface area contributed by atoms with Crippen LogP contribution in [0.1, 0.15) is 45.7 Å². The van der Waals surface area contributed by atoms with E-state index in [9.17, 15) is 14.0 Å². The van der Waals surface area contributed by atoms with Crippen LogP contribution in [0.15, 0.2) is 24.3 Å². The molecule has 1 aromatic rings. The van der Waals surface area contributed by atoms with E-state index in [1.165, 1.54) is 12.1 Å². The molecule has 1 atom stereocenters. The Morgan fingerprint density at radius 3 is 2.25 bits per heavy atom. The van der Waals surface area contributed by atoms with Gasteiger partial charge >= 0.3 is 6.03 Å². The van der Waals surface area contributed by atoms with Crippen LogP contribution in [0, 0.1) is 11.2 Å². The molecule has 156 valence electrons. The Morgan fingerprint density at radius 1 is 1.11 bits per heavy atom. The lowest BCUT2D eigenvalue weighted by Gasteiger charge is -2.34. The van der Waals surface area contributed by atoms with E-state index >= 15 is 0 Å². The number of rotatable bonds is 6. The fourth-order valence-electron chi connectivity index (χ4n) is 3.37. The van der Waals surface area contributed by atoms with Gasteiger partial charge in [-0.3, -0.25) is 9.69 Å². The molecule has 0 bridgehead atoms. The molecule has 3 amide bonds. The minimum Gasteiger partial charge on any atom is -0.348 e. The highest BCUT2D eigenvalue weighted by Crippen LogP contribution is 2.29. The first kappa shape index (κ1) is 22.1. The highest BCUT2D eigenvalue weighted by atomic mass is 19.1. The molecule has 1 heterocycles. The van der Waals surface area contributed by atoms with Crippen LogP contribution in [0.2, 0.25) is 0 Å². The zero-order valence-electron chi connectivity index (χ0n) is 17.4. The van der Waals surface area contributed by atoms with Gasteiger partial charge in [0.05, 0.1) is 12.6 Å². The van der Waals surface area contributed by atoms with Crippen molar-refractivity contribution in [2.24, 2.45) is 5.41 Å². The molecule has 1 saturated heterocycles. The second-order valence-electron chi connectivity index (χ2n) is 8.54. The Hall–Kier alpha value is -2.15. The summed E-state index contributed by atoms with van der Waals surface area (Å²) in [5, 5.41) is 5.92. The standard InChI is InChI=1S/C21H33FN4O2/c1-5-23-20(28)26-12-10-25(11-13-26)15-19(27)24-18(14-21(2,3)4)16-6-8-17(22)9-7-16/h6-9,18H,5,10-15H2,1-4H3,(H,23,28)(H,24,27). The van der Waals surface area contributed by atoms with Crippen molar-refractivity contribution in [2.45, 2.75) is 40.2 Å². The Labute approximate surface area is 167 Å². The molecule has 0 aliphatic carbocycles. The molecule has 1 unspecified atom stereocenters. The summed E-state index contributed by atoms with van der Waals surface area (Å²) >= 11 is 0. The highest BCUT2D eigenvalue weighted by molar-refractivity contribution is 5.78. The number of amides is 3. The van der Waals surface area contributed by atoms with Gasteiger partial charge in [-0.25, -0.2) is 9.18 Å². The van der Waals surface area contributed by atoms with Crippen LogP contribution in [0.4, 0.5) is 9.18 Å². The van der Waals surface area contributed by atoms with Gasteiger partial charge in [-0.2, -0.15) is 0 Å². The number of urea groups is 1. The summed E-state index contributed by atoms with van der Waals surface area (Å²) in [6.07, 6.45) is 0.759. The average Bonchev–Trinajstić information content (AvgIpc) is 2.61. The molecule has 1 aromatic carbocycles. The van der Waals surface area contributed by atoms with E-state index in [-0.39, 0.29) is 29.2 Å². The van der Waals surface area contributed by atoms with Gasteiger partial charge < -0.3 is 15.5 Å². The average molecular weight is 393 g/mol. The second-order valence-corrected chi connectivity index (χ2v) is 8.54. The maximum Gasteiger partial charge on any atom is 0.317 e. The smallest absolute Gasteiger partial charge is 0.317 e. The molecule has 2 rings (SSSR count). The SMILES string of the molecule is CCNC(=O)N1CCN(CC(=O)NC(CC(C)(C)C)c2ccc(F)cc2)CC1. The van der Waals surface area contributed by atoms with Gasteiger partial charge in [0.15, 0.2) is 0 Å². The maximum atomic E-state index is 13.3. The van der Waals surface area contributed by atoms with Gasteiger partial charge in [0.25, 0.3) is 0 Å². The van der Waals surface area contributed by atoms with Crippen molar-refractivity contribution in [1.29, 1.82) is 0 Å². The van der Waals surface area contributed by atoms with Gasteiger partial charge in [-0.15, -0.1) is 0 Å². The Balaban J connectivity index is 1.91. The molecule has 7 heteroatoms. The Morgan fingerprint density at radius 2 is 1.71 bits per heavy atom. The van der Waals surface area contributed by atoms with Crippen molar-refractivity contribution in [1.82, 2.24) is 20.4 Å². The number of nitrogens with zero attached hydrogens (tertiary/aromatic N) is 2. The van der Waals surface area contributed by atoms with Crippen molar-refractivity contribution in [3.8, 4) is 0 Å². The minimum absolute atomic E-state index is 0.0185. The highest BCUT2D eigenvalue weighted by Gasteiger charge is 2.25. The van der Waals surface area contributed by atoms with E-state index in [1.807, 2.05) is 6.92 Å². The Bertz CT molecular complexity index is 649. The van der Waals surface area contributed by atoms with Gasteiger partial charge in [0, 0.05) is 32.7 Å². The molecule has 1 aliphatic rings. The zero-order chi connectivity index (χ0) is 20.7. The number of carbonyl (C=O) groups is 2. The molecule has 2 N–H and O–H groups in total. The monoisotopic (exact) mass is 392 g/mol. The first-order valence-corrected chi connectivity index (χ1v) is 9.98. The molecule has 6 nitrogen and oxygen atoms in total. The summed E-state index contributed by atoms with van der Waals surface area (Å²) in [5.41, 5.74) is 0.927. The maximum absolute atomic E-state index is 13.3. The number of benzene rings is 1. The lowest BCUT2D eigenvalue weighted by Crippen LogP contribution is -2.53. The number of hydrogen-bond acceptors (Lipinski definition) is 3. The van der Waals surface area contributed by atoms with E-state index in [1.54, 1.807) is 17.0 Å². The third kappa shape index (κ3) is 7.11. The van der Waals surface area contributed by atoms with Gasteiger partial charge in [-0.05, 0) is 36.5 Å². The summed E-state index contributed by atoms with van der Waals surface area (Å²) < 4.78 is 13.3. The molecule has 0 spiro atoms. The third-order valence-corrected chi connectivity index (χ3v) is 4.78.